The third-order valence-electron chi connectivity index (χ3n) is 3.60. The number of rotatable bonds is 2. The standard InChI is InChI=1S/C13H14ClNO/c14-11-4-2-10(3-5-11)13(6-1-7-13)12-15-8-9-16-12/h2-5H,1,6-9H2. The van der Waals surface area contributed by atoms with E-state index in [0.717, 1.165) is 36.9 Å². The molecule has 0 atom stereocenters. The van der Waals surface area contributed by atoms with Crippen molar-refractivity contribution in [2.45, 2.75) is 24.7 Å². The maximum Gasteiger partial charge on any atom is 0.194 e. The van der Waals surface area contributed by atoms with E-state index in [1.807, 2.05) is 12.1 Å². The number of ether oxygens (including phenoxy) is 1. The summed E-state index contributed by atoms with van der Waals surface area (Å²) in [5, 5.41) is 0.785. The highest BCUT2D eigenvalue weighted by molar-refractivity contribution is 6.30. The number of hydrogen-bond donors (Lipinski definition) is 0. The first kappa shape index (κ1) is 10.2. The van der Waals surface area contributed by atoms with Crippen LogP contribution in [0.2, 0.25) is 5.02 Å². The number of aliphatic imine (C=N–C) groups is 1. The zero-order valence-electron chi connectivity index (χ0n) is 9.08. The Labute approximate surface area is 100 Å². The van der Waals surface area contributed by atoms with Gasteiger partial charge in [-0.15, -0.1) is 0 Å². The summed E-state index contributed by atoms with van der Waals surface area (Å²) in [5.74, 6) is 0.945. The third-order valence-corrected chi connectivity index (χ3v) is 3.85. The van der Waals surface area contributed by atoms with Gasteiger partial charge in [-0.3, -0.25) is 4.99 Å². The monoisotopic (exact) mass is 235 g/mol. The highest BCUT2D eigenvalue weighted by Gasteiger charge is 2.45. The van der Waals surface area contributed by atoms with Gasteiger partial charge < -0.3 is 4.74 Å². The Morgan fingerprint density at radius 3 is 2.44 bits per heavy atom. The first-order chi connectivity index (χ1) is 7.81. The zero-order valence-corrected chi connectivity index (χ0v) is 9.83. The molecule has 2 aliphatic rings. The molecule has 3 rings (SSSR count). The van der Waals surface area contributed by atoms with Crippen molar-refractivity contribution < 1.29 is 4.74 Å². The minimum Gasteiger partial charge on any atom is -0.478 e. The van der Waals surface area contributed by atoms with Gasteiger partial charge in [0.15, 0.2) is 5.90 Å². The SMILES string of the molecule is Clc1ccc(C2(C3=NCCO3)CCC2)cc1. The summed E-state index contributed by atoms with van der Waals surface area (Å²) < 4.78 is 5.66. The van der Waals surface area contributed by atoms with Gasteiger partial charge in [-0.1, -0.05) is 30.2 Å². The van der Waals surface area contributed by atoms with Crippen LogP contribution in [0.25, 0.3) is 0 Å². The molecule has 0 amide bonds. The van der Waals surface area contributed by atoms with E-state index >= 15 is 0 Å². The average molecular weight is 236 g/mol. The fraction of sp³-hybridized carbons (Fsp3) is 0.462. The van der Waals surface area contributed by atoms with Crippen LogP contribution in [0.5, 0.6) is 0 Å². The topological polar surface area (TPSA) is 21.6 Å². The molecule has 1 heterocycles. The highest BCUT2D eigenvalue weighted by atomic mass is 35.5. The van der Waals surface area contributed by atoms with E-state index in [-0.39, 0.29) is 5.41 Å². The van der Waals surface area contributed by atoms with Gasteiger partial charge >= 0.3 is 0 Å². The smallest absolute Gasteiger partial charge is 0.194 e. The Morgan fingerprint density at radius 1 is 1.19 bits per heavy atom. The summed E-state index contributed by atoms with van der Waals surface area (Å²) in [6.45, 7) is 1.55. The molecule has 2 nitrogen and oxygen atoms in total. The molecule has 16 heavy (non-hydrogen) atoms. The molecule has 1 saturated carbocycles. The lowest BCUT2D eigenvalue weighted by molar-refractivity contribution is 0.249. The molecule has 0 N–H and O–H groups in total. The van der Waals surface area contributed by atoms with Gasteiger partial charge in [0.2, 0.25) is 0 Å². The van der Waals surface area contributed by atoms with Crippen molar-refractivity contribution in [3.63, 3.8) is 0 Å². The van der Waals surface area contributed by atoms with Crippen LogP contribution in [0.1, 0.15) is 24.8 Å². The molecular formula is C13H14ClNO. The predicted molar refractivity (Wildman–Crippen MR) is 65.2 cm³/mol. The Bertz CT molecular complexity index is 420. The van der Waals surface area contributed by atoms with Crippen molar-refractivity contribution in [1.82, 2.24) is 0 Å². The normalized spacial score (nSPS) is 22.2. The molecule has 84 valence electrons. The van der Waals surface area contributed by atoms with Crippen molar-refractivity contribution in [1.29, 1.82) is 0 Å². The van der Waals surface area contributed by atoms with Crippen LogP contribution in [-0.4, -0.2) is 19.0 Å². The van der Waals surface area contributed by atoms with Crippen LogP contribution in [-0.2, 0) is 10.2 Å². The number of benzene rings is 1. The molecule has 3 heteroatoms. The van der Waals surface area contributed by atoms with Gasteiger partial charge in [-0.05, 0) is 30.5 Å². The summed E-state index contributed by atoms with van der Waals surface area (Å²) in [6.07, 6.45) is 3.55. The lowest BCUT2D eigenvalue weighted by Crippen LogP contribution is -2.42. The first-order valence-corrected chi connectivity index (χ1v) is 6.13. The van der Waals surface area contributed by atoms with E-state index in [4.69, 9.17) is 16.3 Å². The average Bonchev–Trinajstić information content (AvgIpc) is 2.73. The van der Waals surface area contributed by atoms with Gasteiger partial charge in [-0.2, -0.15) is 0 Å². The third kappa shape index (κ3) is 1.44. The molecule has 0 bridgehead atoms. The molecule has 0 spiro atoms. The minimum absolute atomic E-state index is 0.0566. The van der Waals surface area contributed by atoms with Gasteiger partial charge in [0.05, 0.1) is 12.0 Å². The number of halogens is 1. The zero-order chi connectivity index (χ0) is 11.0. The largest absolute Gasteiger partial charge is 0.478 e. The van der Waals surface area contributed by atoms with Gasteiger partial charge in [-0.25, -0.2) is 0 Å². The maximum atomic E-state index is 5.92. The van der Waals surface area contributed by atoms with Gasteiger partial charge in [0.25, 0.3) is 0 Å². The molecule has 0 aromatic heterocycles. The van der Waals surface area contributed by atoms with E-state index in [0.29, 0.717) is 0 Å². The van der Waals surface area contributed by atoms with E-state index in [1.54, 1.807) is 0 Å². The predicted octanol–water partition coefficient (Wildman–Crippen LogP) is 3.19. The van der Waals surface area contributed by atoms with Crippen LogP contribution >= 0.6 is 11.6 Å². The van der Waals surface area contributed by atoms with E-state index in [9.17, 15) is 0 Å². The Morgan fingerprint density at radius 2 is 1.94 bits per heavy atom. The van der Waals surface area contributed by atoms with E-state index < -0.39 is 0 Å². The second-order valence-corrected chi connectivity index (χ2v) is 4.91. The van der Waals surface area contributed by atoms with Crippen molar-refractivity contribution in [3.8, 4) is 0 Å². The molecule has 0 radical (unpaired) electrons. The maximum absolute atomic E-state index is 5.92. The summed E-state index contributed by atoms with van der Waals surface area (Å²) in [6, 6.07) is 8.11. The summed E-state index contributed by atoms with van der Waals surface area (Å²) in [4.78, 5) is 4.49. The van der Waals surface area contributed by atoms with E-state index in [1.165, 1.54) is 12.0 Å². The number of nitrogens with zero attached hydrogens (tertiary/aromatic N) is 1. The van der Waals surface area contributed by atoms with Crippen molar-refractivity contribution in [2.24, 2.45) is 4.99 Å². The fourth-order valence-electron chi connectivity index (χ4n) is 2.55. The quantitative estimate of drug-likeness (QED) is 0.772. The second-order valence-electron chi connectivity index (χ2n) is 4.48. The molecule has 1 fully saturated rings. The molecule has 1 aliphatic carbocycles. The molecule has 1 aliphatic heterocycles. The Hall–Kier alpha value is -1.02. The number of hydrogen-bond acceptors (Lipinski definition) is 2. The molecule has 1 aromatic carbocycles. The summed E-state index contributed by atoms with van der Waals surface area (Å²) in [7, 11) is 0. The lowest BCUT2D eigenvalue weighted by atomic mass is 9.64. The van der Waals surface area contributed by atoms with Crippen LogP contribution < -0.4 is 0 Å². The summed E-state index contributed by atoms with van der Waals surface area (Å²) >= 11 is 5.92. The Balaban J connectivity index is 1.98. The molecule has 0 saturated heterocycles. The molecular weight excluding hydrogens is 222 g/mol. The molecule has 1 aromatic rings. The second kappa shape index (κ2) is 3.77. The van der Waals surface area contributed by atoms with E-state index in [2.05, 4.69) is 17.1 Å². The first-order valence-electron chi connectivity index (χ1n) is 5.75. The summed E-state index contributed by atoms with van der Waals surface area (Å²) in [5.41, 5.74) is 1.35. The van der Waals surface area contributed by atoms with Crippen LogP contribution in [0, 0.1) is 0 Å². The van der Waals surface area contributed by atoms with Crippen molar-refractivity contribution in [3.05, 3.63) is 34.9 Å². The molecule has 0 unspecified atom stereocenters. The van der Waals surface area contributed by atoms with Crippen LogP contribution in [0.3, 0.4) is 0 Å². The fourth-order valence-corrected chi connectivity index (χ4v) is 2.68. The highest BCUT2D eigenvalue weighted by Crippen LogP contribution is 2.46. The van der Waals surface area contributed by atoms with Crippen LogP contribution in [0.15, 0.2) is 29.3 Å². The van der Waals surface area contributed by atoms with Crippen molar-refractivity contribution >= 4 is 17.5 Å². The van der Waals surface area contributed by atoms with Gasteiger partial charge in [0.1, 0.15) is 6.61 Å². The Kier molecular flexibility index (Phi) is 2.40. The van der Waals surface area contributed by atoms with Crippen molar-refractivity contribution in [2.75, 3.05) is 13.2 Å². The van der Waals surface area contributed by atoms with Gasteiger partial charge in [0, 0.05) is 5.02 Å². The lowest BCUT2D eigenvalue weighted by Gasteiger charge is -2.41. The minimum atomic E-state index is 0.0566. The van der Waals surface area contributed by atoms with Crippen LogP contribution in [0.4, 0.5) is 0 Å².